The van der Waals surface area contributed by atoms with Crippen LogP contribution in [0.5, 0.6) is 0 Å². The second-order valence-electron chi connectivity index (χ2n) is 5.78. The molecule has 0 radical (unpaired) electrons. The van der Waals surface area contributed by atoms with Crippen LogP contribution < -0.4 is 5.73 Å². The lowest BCUT2D eigenvalue weighted by Crippen LogP contribution is -2.51. The van der Waals surface area contributed by atoms with E-state index >= 15 is 0 Å². The SMILES string of the molecule is CC1(C(=O)N(Cc2cccs2)C2CC2)COCC1N. The van der Waals surface area contributed by atoms with Crippen LogP contribution >= 0.6 is 11.3 Å². The highest BCUT2D eigenvalue weighted by Crippen LogP contribution is 2.36. The Hall–Kier alpha value is -0.910. The molecule has 2 unspecified atom stereocenters. The maximum atomic E-state index is 12.9. The zero-order valence-corrected chi connectivity index (χ0v) is 12.0. The molecule has 19 heavy (non-hydrogen) atoms. The van der Waals surface area contributed by atoms with E-state index in [1.807, 2.05) is 17.9 Å². The molecule has 1 aromatic rings. The first-order valence-electron chi connectivity index (χ1n) is 6.78. The number of nitrogens with zero attached hydrogens (tertiary/aromatic N) is 1. The van der Waals surface area contributed by atoms with Crippen molar-refractivity contribution in [3.8, 4) is 0 Å². The van der Waals surface area contributed by atoms with Crippen molar-refractivity contribution >= 4 is 17.2 Å². The van der Waals surface area contributed by atoms with Gasteiger partial charge in [-0.15, -0.1) is 11.3 Å². The Morgan fingerprint density at radius 1 is 1.63 bits per heavy atom. The van der Waals surface area contributed by atoms with Crippen molar-refractivity contribution in [2.75, 3.05) is 13.2 Å². The molecule has 1 saturated heterocycles. The summed E-state index contributed by atoms with van der Waals surface area (Å²) in [7, 11) is 0. The first kappa shape index (κ1) is 13.1. The van der Waals surface area contributed by atoms with Gasteiger partial charge in [0.05, 0.1) is 25.2 Å². The Morgan fingerprint density at radius 2 is 2.42 bits per heavy atom. The minimum absolute atomic E-state index is 0.161. The smallest absolute Gasteiger partial charge is 0.233 e. The van der Waals surface area contributed by atoms with Crippen LogP contribution in [0.25, 0.3) is 0 Å². The van der Waals surface area contributed by atoms with Crippen LogP contribution in [0.2, 0.25) is 0 Å². The molecule has 3 rings (SSSR count). The van der Waals surface area contributed by atoms with Crippen molar-refractivity contribution in [3.05, 3.63) is 22.4 Å². The Kier molecular flexibility index (Phi) is 3.37. The summed E-state index contributed by atoms with van der Waals surface area (Å²) in [4.78, 5) is 16.1. The summed E-state index contributed by atoms with van der Waals surface area (Å²) >= 11 is 1.70. The molecular formula is C14H20N2O2S. The summed E-state index contributed by atoms with van der Waals surface area (Å²) in [6.07, 6.45) is 2.23. The molecule has 0 bridgehead atoms. The second-order valence-corrected chi connectivity index (χ2v) is 6.81. The molecule has 1 aliphatic heterocycles. The minimum Gasteiger partial charge on any atom is -0.379 e. The zero-order chi connectivity index (χ0) is 13.5. The highest BCUT2D eigenvalue weighted by Gasteiger charge is 2.49. The second kappa shape index (κ2) is 4.89. The number of ether oxygens (including phenoxy) is 1. The maximum Gasteiger partial charge on any atom is 0.233 e. The van der Waals surface area contributed by atoms with Gasteiger partial charge in [-0.05, 0) is 31.2 Å². The molecular weight excluding hydrogens is 260 g/mol. The number of carbonyl (C=O) groups is 1. The number of nitrogens with two attached hydrogens (primary N) is 1. The normalized spacial score (nSPS) is 30.5. The standard InChI is InChI=1S/C14H20N2O2S/c1-14(9-18-8-12(14)15)13(17)16(10-4-5-10)7-11-3-2-6-19-11/h2-3,6,10,12H,4-5,7-9,15H2,1H3. The highest BCUT2D eigenvalue weighted by atomic mass is 32.1. The van der Waals surface area contributed by atoms with Gasteiger partial charge in [-0.2, -0.15) is 0 Å². The fourth-order valence-corrected chi connectivity index (χ4v) is 3.26. The molecule has 4 nitrogen and oxygen atoms in total. The summed E-state index contributed by atoms with van der Waals surface area (Å²) in [5, 5.41) is 2.05. The monoisotopic (exact) mass is 280 g/mol. The van der Waals surface area contributed by atoms with Crippen LogP contribution in [-0.2, 0) is 16.1 Å². The van der Waals surface area contributed by atoms with Gasteiger partial charge in [-0.25, -0.2) is 0 Å². The zero-order valence-electron chi connectivity index (χ0n) is 11.2. The van der Waals surface area contributed by atoms with Crippen molar-refractivity contribution in [1.82, 2.24) is 4.90 Å². The fraction of sp³-hybridized carbons (Fsp3) is 0.643. The molecule has 2 N–H and O–H groups in total. The van der Waals surface area contributed by atoms with Gasteiger partial charge in [-0.3, -0.25) is 4.79 Å². The summed E-state index contributed by atoms with van der Waals surface area (Å²) < 4.78 is 5.41. The lowest BCUT2D eigenvalue weighted by molar-refractivity contribution is -0.143. The first-order chi connectivity index (χ1) is 9.11. The third-order valence-electron chi connectivity index (χ3n) is 4.16. The molecule has 2 aliphatic rings. The predicted molar refractivity (Wildman–Crippen MR) is 74.8 cm³/mol. The van der Waals surface area contributed by atoms with Crippen LogP contribution in [0.4, 0.5) is 0 Å². The van der Waals surface area contributed by atoms with Crippen LogP contribution in [-0.4, -0.2) is 36.1 Å². The summed E-state index contributed by atoms with van der Waals surface area (Å²) in [5.74, 6) is 0.161. The van der Waals surface area contributed by atoms with Gasteiger partial charge in [-0.1, -0.05) is 6.07 Å². The number of hydrogen-bond donors (Lipinski definition) is 1. The molecule has 1 aliphatic carbocycles. The van der Waals surface area contributed by atoms with Crippen molar-refractivity contribution in [2.24, 2.45) is 11.1 Å². The van der Waals surface area contributed by atoms with E-state index < -0.39 is 5.41 Å². The third kappa shape index (κ3) is 2.42. The number of thiophene rings is 1. The van der Waals surface area contributed by atoms with Gasteiger partial charge in [0, 0.05) is 17.0 Å². The van der Waals surface area contributed by atoms with Crippen LogP contribution in [0.3, 0.4) is 0 Å². The average Bonchev–Trinajstić information content (AvgIpc) is 3.00. The Bertz CT molecular complexity index is 458. The van der Waals surface area contributed by atoms with Crippen molar-refractivity contribution in [3.63, 3.8) is 0 Å². The molecule has 1 amide bonds. The van der Waals surface area contributed by atoms with E-state index in [4.69, 9.17) is 10.5 Å². The topological polar surface area (TPSA) is 55.6 Å². The molecule has 1 saturated carbocycles. The largest absolute Gasteiger partial charge is 0.379 e. The first-order valence-corrected chi connectivity index (χ1v) is 7.66. The lowest BCUT2D eigenvalue weighted by Gasteiger charge is -2.33. The van der Waals surface area contributed by atoms with Crippen LogP contribution in [0, 0.1) is 5.41 Å². The Morgan fingerprint density at radius 3 is 2.95 bits per heavy atom. The molecule has 1 aromatic heterocycles. The number of amides is 1. The minimum atomic E-state index is -0.556. The quantitative estimate of drug-likeness (QED) is 0.911. The maximum absolute atomic E-state index is 12.9. The van der Waals surface area contributed by atoms with Gasteiger partial charge in [0.15, 0.2) is 0 Å². The number of hydrogen-bond acceptors (Lipinski definition) is 4. The van der Waals surface area contributed by atoms with E-state index in [0.717, 1.165) is 12.8 Å². The van der Waals surface area contributed by atoms with Crippen molar-refractivity contribution in [2.45, 2.75) is 38.4 Å². The summed E-state index contributed by atoms with van der Waals surface area (Å²) in [5.41, 5.74) is 5.52. The van der Waals surface area contributed by atoms with Crippen molar-refractivity contribution < 1.29 is 9.53 Å². The third-order valence-corrected chi connectivity index (χ3v) is 5.02. The number of rotatable bonds is 4. The van der Waals surface area contributed by atoms with Gasteiger partial charge >= 0.3 is 0 Å². The van der Waals surface area contributed by atoms with E-state index in [9.17, 15) is 4.79 Å². The molecule has 2 heterocycles. The van der Waals surface area contributed by atoms with Crippen molar-refractivity contribution in [1.29, 1.82) is 0 Å². The lowest BCUT2D eigenvalue weighted by atomic mass is 9.84. The van der Waals surface area contributed by atoms with E-state index in [-0.39, 0.29) is 11.9 Å². The molecule has 2 fully saturated rings. The van der Waals surface area contributed by atoms with Gasteiger partial charge in [0.25, 0.3) is 0 Å². The van der Waals surface area contributed by atoms with E-state index in [1.54, 1.807) is 11.3 Å². The average molecular weight is 280 g/mol. The van der Waals surface area contributed by atoms with Crippen LogP contribution in [0.1, 0.15) is 24.6 Å². The van der Waals surface area contributed by atoms with Gasteiger partial charge in [0.1, 0.15) is 0 Å². The van der Waals surface area contributed by atoms with E-state index in [0.29, 0.717) is 25.8 Å². The highest BCUT2D eigenvalue weighted by molar-refractivity contribution is 7.09. The van der Waals surface area contributed by atoms with Crippen LogP contribution in [0.15, 0.2) is 17.5 Å². The van der Waals surface area contributed by atoms with Gasteiger partial charge in [0.2, 0.25) is 5.91 Å². The van der Waals surface area contributed by atoms with E-state index in [1.165, 1.54) is 4.88 Å². The Balaban J connectivity index is 1.78. The fourth-order valence-electron chi connectivity index (χ4n) is 2.56. The van der Waals surface area contributed by atoms with E-state index in [2.05, 4.69) is 11.4 Å². The number of carbonyl (C=O) groups excluding carboxylic acids is 1. The van der Waals surface area contributed by atoms with Gasteiger partial charge < -0.3 is 15.4 Å². The summed E-state index contributed by atoms with van der Waals surface area (Å²) in [6.45, 7) is 3.58. The Labute approximate surface area is 117 Å². The molecule has 2 atom stereocenters. The molecule has 0 aromatic carbocycles. The summed E-state index contributed by atoms with van der Waals surface area (Å²) in [6, 6.07) is 4.33. The predicted octanol–water partition coefficient (Wildman–Crippen LogP) is 1.60. The molecule has 104 valence electrons. The molecule has 5 heteroatoms. The molecule has 0 spiro atoms.